The minimum absolute atomic E-state index is 0.133. The Hall–Kier alpha value is -3.09. The molecule has 2 N–H and O–H groups in total. The van der Waals surface area contributed by atoms with Crippen LogP contribution in [0.4, 0.5) is 0 Å². The van der Waals surface area contributed by atoms with Crippen molar-refractivity contribution in [3.05, 3.63) is 46.9 Å². The van der Waals surface area contributed by atoms with E-state index in [1.54, 1.807) is 19.9 Å². The molecule has 1 aliphatic heterocycles. The summed E-state index contributed by atoms with van der Waals surface area (Å²) in [5, 5.41) is 6.84. The number of H-pyrrole nitrogens is 1. The number of carbonyl (C=O) groups excluding carboxylic acids is 1. The standard InChI is InChI=1S/C23H26N6O4S2/c1-14-20(12-19(34-14)22-25-15(2)33-28-22)35(31,32)29-11-5-6-16(13-29)23(30)24-10-9-21-26-17-7-3-4-8-18(17)27-21/h3-4,7-8,12,16H,5-6,9-11,13H2,1-2H3,(H,24,30)(H,26,27). The number of aromatic amines is 1. The molecule has 1 aliphatic rings. The van der Waals surface area contributed by atoms with Gasteiger partial charge in [0.1, 0.15) is 5.82 Å². The summed E-state index contributed by atoms with van der Waals surface area (Å²) in [6.07, 6.45) is 1.85. The molecule has 4 aromatic rings. The van der Waals surface area contributed by atoms with Gasteiger partial charge >= 0.3 is 0 Å². The quantitative estimate of drug-likeness (QED) is 0.387. The predicted molar refractivity (Wildman–Crippen MR) is 131 cm³/mol. The number of para-hydroxylation sites is 2. The first-order chi connectivity index (χ1) is 16.8. The summed E-state index contributed by atoms with van der Waals surface area (Å²) >= 11 is 1.31. The second-order valence-corrected chi connectivity index (χ2v) is 11.8. The molecule has 1 amide bonds. The summed E-state index contributed by atoms with van der Waals surface area (Å²) in [4.78, 5) is 26.3. The number of piperidine rings is 1. The molecule has 0 bridgehead atoms. The number of carbonyl (C=O) groups is 1. The van der Waals surface area contributed by atoms with Gasteiger partial charge in [-0.25, -0.2) is 13.4 Å². The Kier molecular flexibility index (Phi) is 6.43. The lowest BCUT2D eigenvalue weighted by atomic mass is 9.99. The Bertz CT molecular complexity index is 1440. The summed E-state index contributed by atoms with van der Waals surface area (Å²) < 4.78 is 33.3. The van der Waals surface area contributed by atoms with Gasteiger partial charge in [0, 0.05) is 37.9 Å². The van der Waals surface area contributed by atoms with Crippen LogP contribution in [0.2, 0.25) is 0 Å². The van der Waals surface area contributed by atoms with Crippen LogP contribution in [0, 0.1) is 19.8 Å². The van der Waals surface area contributed by atoms with E-state index in [0.29, 0.717) is 53.8 Å². The van der Waals surface area contributed by atoms with Crippen LogP contribution < -0.4 is 5.32 Å². The van der Waals surface area contributed by atoms with Crippen LogP contribution in [0.15, 0.2) is 39.8 Å². The molecule has 0 aliphatic carbocycles. The van der Waals surface area contributed by atoms with E-state index in [0.717, 1.165) is 16.9 Å². The van der Waals surface area contributed by atoms with E-state index in [4.69, 9.17) is 4.52 Å². The Labute approximate surface area is 206 Å². The van der Waals surface area contributed by atoms with Crippen molar-refractivity contribution in [1.82, 2.24) is 29.7 Å². The molecular weight excluding hydrogens is 488 g/mol. The molecule has 35 heavy (non-hydrogen) atoms. The van der Waals surface area contributed by atoms with Crippen LogP contribution >= 0.6 is 11.3 Å². The summed E-state index contributed by atoms with van der Waals surface area (Å²) in [7, 11) is -3.76. The number of imidazole rings is 1. The van der Waals surface area contributed by atoms with Gasteiger partial charge in [-0.2, -0.15) is 9.29 Å². The molecule has 1 saturated heterocycles. The van der Waals surface area contributed by atoms with Gasteiger partial charge in [-0.3, -0.25) is 4.79 Å². The number of sulfonamides is 1. The first kappa shape index (κ1) is 23.6. The van der Waals surface area contributed by atoms with Gasteiger partial charge in [-0.1, -0.05) is 17.3 Å². The van der Waals surface area contributed by atoms with Crippen molar-refractivity contribution >= 4 is 38.3 Å². The number of hydrogen-bond donors (Lipinski definition) is 2. The third-order valence-corrected chi connectivity index (χ3v) is 9.26. The van der Waals surface area contributed by atoms with Crippen molar-refractivity contribution < 1.29 is 17.7 Å². The average Bonchev–Trinajstić information content (AvgIpc) is 3.57. The number of amides is 1. The zero-order chi connectivity index (χ0) is 24.6. The molecule has 1 fully saturated rings. The third-order valence-electron chi connectivity index (χ3n) is 6.09. The van der Waals surface area contributed by atoms with Gasteiger partial charge in [-0.15, -0.1) is 11.3 Å². The van der Waals surface area contributed by atoms with E-state index in [2.05, 4.69) is 25.4 Å². The van der Waals surface area contributed by atoms with Gasteiger partial charge in [0.15, 0.2) is 0 Å². The summed E-state index contributed by atoms with van der Waals surface area (Å²) in [5.74, 6) is 1.07. The van der Waals surface area contributed by atoms with E-state index >= 15 is 0 Å². The highest BCUT2D eigenvalue weighted by molar-refractivity contribution is 7.89. The fourth-order valence-electron chi connectivity index (χ4n) is 4.32. The Morgan fingerprint density at radius 1 is 1.29 bits per heavy atom. The monoisotopic (exact) mass is 514 g/mol. The maximum absolute atomic E-state index is 13.4. The molecule has 0 spiro atoms. The first-order valence-electron chi connectivity index (χ1n) is 11.4. The van der Waals surface area contributed by atoms with Crippen molar-refractivity contribution in [2.24, 2.45) is 5.92 Å². The highest BCUT2D eigenvalue weighted by Gasteiger charge is 2.35. The SMILES string of the molecule is Cc1nc(-c2cc(S(=O)(=O)N3CCCC(C(=O)NCCc4nc5ccccc5[nH]4)C3)c(C)s2)no1. The lowest BCUT2D eigenvalue weighted by Gasteiger charge is -2.31. The summed E-state index contributed by atoms with van der Waals surface area (Å²) in [6, 6.07) is 9.37. The molecule has 10 nitrogen and oxygen atoms in total. The van der Waals surface area contributed by atoms with Crippen LogP contribution in [0.1, 0.15) is 29.4 Å². The lowest BCUT2D eigenvalue weighted by molar-refractivity contribution is -0.126. The van der Waals surface area contributed by atoms with Gasteiger partial charge in [0.05, 0.1) is 26.7 Å². The van der Waals surface area contributed by atoms with Gasteiger partial charge in [0.25, 0.3) is 0 Å². The maximum atomic E-state index is 13.4. The molecule has 12 heteroatoms. The number of rotatable bonds is 7. The smallest absolute Gasteiger partial charge is 0.244 e. The largest absolute Gasteiger partial charge is 0.355 e. The summed E-state index contributed by atoms with van der Waals surface area (Å²) in [5.41, 5.74) is 1.85. The van der Waals surface area contributed by atoms with Crippen LogP contribution in [-0.2, 0) is 21.2 Å². The van der Waals surface area contributed by atoms with Crippen LogP contribution in [0.25, 0.3) is 21.7 Å². The van der Waals surface area contributed by atoms with Crippen molar-refractivity contribution in [3.8, 4) is 10.7 Å². The maximum Gasteiger partial charge on any atom is 0.244 e. The Morgan fingerprint density at radius 3 is 2.89 bits per heavy atom. The topological polar surface area (TPSA) is 134 Å². The highest BCUT2D eigenvalue weighted by atomic mass is 32.2. The van der Waals surface area contributed by atoms with Crippen molar-refractivity contribution in [3.63, 3.8) is 0 Å². The number of nitrogens with zero attached hydrogens (tertiary/aromatic N) is 4. The number of hydrogen-bond acceptors (Lipinski definition) is 8. The van der Waals surface area contributed by atoms with E-state index < -0.39 is 15.9 Å². The molecule has 1 unspecified atom stereocenters. The number of aryl methyl sites for hydroxylation is 2. The van der Waals surface area contributed by atoms with E-state index in [1.807, 2.05) is 24.3 Å². The van der Waals surface area contributed by atoms with Crippen LogP contribution in [-0.4, -0.2) is 58.4 Å². The number of benzene rings is 1. The lowest BCUT2D eigenvalue weighted by Crippen LogP contribution is -2.45. The van der Waals surface area contributed by atoms with Crippen LogP contribution in [0.5, 0.6) is 0 Å². The second kappa shape index (κ2) is 9.51. The normalized spacial score (nSPS) is 17.1. The number of aromatic nitrogens is 4. The minimum Gasteiger partial charge on any atom is -0.355 e. The Morgan fingerprint density at radius 2 is 2.11 bits per heavy atom. The highest BCUT2D eigenvalue weighted by Crippen LogP contribution is 2.34. The number of thiophene rings is 1. The molecular formula is C23H26N6O4S2. The molecule has 0 radical (unpaired) electrons. The molecule has 184 valence electrons. The van der Waals surface area contributed by atoms with Gasteiger partial charge < -0.3 is 14.8 Å². The van der Waals surface area contributed by atoms with Crippen molar-refractivity contribution in [1.29, 1.82) is 0 Å². The zero-order valence-electron chi connectivity index (χ0n) is 19.4. The second-order valence-electron chi connectivity index (χ2n) is 8.61. The summed E-state index contributed by atoms with van der Waals surface area (Å²) in [6.45, 7) is 4.42. The molecule has 1 aromatic carbocycles. The molecule has 3 aromatic heterocycles. The van der Waals surface area contributed by atoms with Gasteiger partial charge in [0.2, 0.25) is 27.6 Å². The van der Waals surface area contributed by atoms with Gasteiger partial charge in [-0.05, 0) is 38.0 Å². The molecule has 5 rings (SSSR count). The minimum atomic E-state index is -3.76. The first-order valence-corrected chi connectivity index (χ1v) is 13.7. The van der Waals surface area contributed by atoms with E-state index in [9.17, 15) is 13.2 Å². The fourth-order valence-corrected chi connectivity index (χ4v) is 7.33. The van der Waals surface area contributed by atoms with E-state index in [1.165, 1.54) is 15.6 Å². The fraction of sp³-hybridized carbons (Fsp3) is 0.391. The molecule has 4 heterocycles. The molecule has 1 atom stereocenters. The number of fused-ring (bicyclic) bond motifs is 1. The van der Waals surface area contributed by atoms with Crippen molar-refractivity contribution in [2.45, 2.75) is 38.0 Å². The van der Waals surface area contributed by atoms with Crippen molar-refractivity contribution in [2.75, 3.05) is 19.6 Å². The zero-order valence-corrected chi connectivity index (χ0v) is 21.1. The average molecular weight is 515 g/mol. The number of nitrogens with one attached hydrogen (secondary N) is 2. The van der Waals surface area contributed by atoms with E-state index in [-0.39, 0.29) is 17.3 Å². The van der Waals surface area contributed by atoms with Crippen LogP contribution in [0.3, 0.4) is 0 Å². The molecule has 0 saturated carbocycles. The third kappa shape index (κ3) is 4.86. The Balaban J connectivity index is 1.22. The predicted octanol–water partition coefficient (Wildman–Crippen LogP) is 3.05.